The van der Waals surface area contributed by atoms with Crippen molar-refractivity contribution in [2.45, 2.75) is 12.5 Å². The molecule has 1 atom stereocenters. The third-order valence-corrected chi connectivity index (χ3v) is 6.10. The number of halogens is 1. The molecule has 0 aliphatic carbocycles. The molecular weight excluding hydrogens is 466 g/mol. The van der Waals surface area contributed by atoms with Crippen LogP contribution in [0.15, 0.2) is 42.7 Å². The molecule has 33 heavy (non-hydrogen) atoms. The highest BCUT2D eigenvalue weighted by molar-refractivity contribution is 7.98. The third kappa shape index (κ3) is 7.06. The number of rotatable bonds is 9. The number of amides is 2. The number of hydrogen-bond donors (Lipinski definition) is 1. The van der Waals surface area contributed by atoms with E-state index in [0.717, 1.165) is 0 Å². The molecule has 2 aromatic rings. The maximum atomic E-state index is 12.7. The second-order valence-corrected chi connectivity index (χ2v) is 8.70. The van der Waals surface area contributed by atoms with Crippen molar-refractivity contribution in [3.8, 4) is 0 Å². The number of anilines is 1. The highest BCUT2D eigenvalue weighted by atomic mass is 35.5. The van der Waals surface area contributed by atoms with Crippen molar-refractivity contribution in [1.82, 2.24) is 20.2 Å². The maximum Gasteiger partial charge on any atom is 0.329 e. The van der Waals surface area contributed by atoms with E-state index in [-0.39, 0.29) is 18.1 Å². The van der Waals surface area contributed by atoms with Crippen LogP contribution in [0.2, 0.25) is 5.02 Å². The number of thioether (sulfide) groups is 1. The Kier molecular flexibility index (Phi) is 9.32. The van der Waals surface area contributed by atoms with Crippen LogP contribution in [0.5, 0.6) is 0 Å². The summed E-state index contributed by atoms with van der Waals surface area (Å²) in [5.74, 6) is -0.122. The lowest BCUT2D eigenvalue weighted by Gasteiger charge is -2.34. The summed E-state index contributed by atoms with van der Waals surface area (Å²) in [5.41, 5.74) is 0.275. The summed E-state index contributed by atoms with van der Waals surface area (Å²) in [6.07, 6.45) is 5.64. The Balaban J connectivity index is 1.50. The summed E-state index contributed by atoms with van der Waals surface area (Å²) in [4.78, 5) is 49.9. The minimum absolute atomic E-state index is 0.275. The van der Waals surface area contributed by atoms with Gasteiger partial charge in [-0.05, 0) is 36.6 Å². The Morgan fingerprint density at radius 1 is 1.12 bits per heavy atom. The number of aromatic nitrogens is 2. The van der Waals surface area contributed by atoms with E-state index in [0.29, 0.717) is 49.3 Å². The number of esters is 1. The molecule has 1 saturated heterocycles. The van der Waals surface area contributed by atoms with Gasteiger partial charge < -0.3 is 19.9 Å². The fourth-order valence-electron chi connectivity index (χ4n) is 3.30. The molecule has 1 aromatic carbocycles. The monoisotopic (exact) mass is 491 g/mol. The molecule has 1 N–H and O–H groups in total. The first-order chi connectivity index (χ1) is 16.0. The van der Waals surface area contributed by atoms with Crippen molar-refractivity contribution in [3.63, 3.8) is 0 Å². The minimum Gasteiger partial charge on any atom is -0.454 e. The molecule has 2 amide bonds. The smallest absolute Gasteiger partial charge is 0.329 e. The van der Waals surface area contributed by atoms with Crippen LogP contribution in [0.4, 0.5) is 5.95 Å². The van der Waals surface area contributed by atoms with Gasteiger partial charge in [-0.15, -0.1) is 0 Å². The number of nitrogens with one attached hydrogen (secondary N) is 1. The largest absolute Gasteiger partial charge is 0.454 e. The molecule has 3 rings (SSSR count). The molecule has 0 spiro atoms. The predicted octanol–water partition coefficient (Wildman–Crippen LogP) is 1.87. The molecule has 1 aliphatic rings. The van der Waals surface area contributed by atoms with Crippen molar-refractivity contribution in [3.05, 3.63) is 53.3 Å². The molecule has 0 bridgehead atoms. The molecule has 176 valence electrons. The number of ether oxygens (including phenoxy) is 1. The predicted molar refractivity (Wildman–Crippen MR) is 127 cm³/mol. The van der Waals surface area contributed by atoms with Gasteiger partial charge in [0.05, 0.1) is 10.6 Å². The number of nitrogens with zero attached hydrogens (tertiary/aromatic N) is 4. The van der Waals surface area contributed by atoms with Crippen molar-refractivity contribution in [1.29, 1.82) is 0 Å². The SMILES string of the molecule is CSCCC(NC(=O)c1ccccc1Cl)C(=O)OCC(=O)N1CCN(c2ncccn2)CC1. The van der Waals surface area contributed by atoms with Gasteiger partial charge in [-0.3, -0.25) is 9.59 Å². The zero-order chi connectivity index (χ0) is 23.6. The number of piperazine rings is 1. The van der Waals surface area contributed by atoms with Crippen LogP contribution in [0.1, 0.15) is 16.8 Å². The van der Waals surface area contributed by atoms with Crippen LogP contribution in [-0.2, 0) is 14.3 Å². The van der Waals surface area contributed by atoms with Gasteiger partial charge in [-0.2, -0.15) is 11.8 Å². The van der Waals surface area contributed by atoms with E-state index in [1.807, 2.05) is 11.2 Å². The minimum atomic E-state index is -0.874. The second kappa shape index (κ2) is 12.4. The van der Waals surface area contributed by atoms with Crippen molar-refractivity contribution >= 4 is 47.1 Å². The van der Waals surface area contributed by atoms with E-state index in [1.165, 1.54) is 0 Å². The van der Waals surface area contributed by atoms with Crippen molar-refractivity contribution in [2.75, 3.05) is 49.7 Å². The first kappa shape index (κ1) is 24.8. The quantitative estimate of drug-likeness (QED) is 0.530. The normalized spacial score (nSPS) is 14.5. The second-order valence-electron chi connectivity index (χ2n) is 7.31. The number of benzene rings is 1. The summed E-state index contributed by atoms with van der Waals surface area (Å²) in [5, 5.41) is 2.97. The topological polar surface area (TPSA) is 105 Å². The number of carbonyl (C=O) groups excluding carboxylic acids is 3. The summed E-state index contributed by atoms with van der Waals surface area (Å²) in [6, 6.07) is 7.48. The Labute approximate surface area is 201 Å². The molecular formula is C22H26ClN5O4S. The molecule has 1 aliphatic heterocycles. The van der Waals surface area contributed by atoms with Crippen LogP contribution in [-0.4, -0.2) is 83.5 Å². The molecule has 1 aromatic heterocycles. The van der Waals surface area contributed by atoms with Gasteiger partial charge in [0, 0.05) is 38.6 Å². The molecule has 11 heteroatoms. The van der Waals surface area contributed by atoms with E-state index in [9.17, 15) is 14.4 Å². The lowest BCUT2D eigenvalue weighted by Crippen LogP contribution is -2.50. The van der Waals surface area contributed by atoms with Gasteiger partial charge >= 0.3 is 5.97 Å². The molecule has 0 saturated carbocycles. The molecule has 0 radical (unpaired) electrons. The van der Waals surface area contributed by atoms with Crippen molar-refractivity contribution < 1.29 is 19.1 Å². The van der Waals surface area contributed by atoms with Crippen LogP contribution in [0, 0.1) is 0 Å². The Morgan fingerprint density at radius 3 is 2.48 bits per heavy atom. The maximum absolute atomic E-state index is 12.7. The van der Waals surface area contributed by atoms with Gasteiger partial charge in [0.25, 0.3) is 11.8 Å². The first-order valence-electron chi connectivity index (χ1n) is 10.5. The van der Waals surface area contributed by atoms with Crippen LogP contribution < -0.4 is 10.2 Å². The average molecular weight is 492 g/mol. The summed E-state index contributed by atoms with van der Waals surface area (Å²) < 4.78 is 5.27. The third-order valence-electron chi connectivity index (χ3n) is 5.12. The summed E-state index contributed by atoms with van der Waals surface area (Å²) in [6.45, 7) is 1.77. The van der Waals surface area contributed by atoms with Gasteiger partial charge in [-0.1, -0.05) is 23.7 Å². The first-order valence-corrected chi connectivity index (χ1v) is 12.3. The molecule has 1 unspecified atom stereocenters. The van der Waals surface area contributed by atoms with Crippen LogP contribution >= 0.6 is 23.4 Å². The molecule has 9 nitrogen and oxygen atoms in total. The fraction of sp³-hybridized carbons (Fsp3) is 0.409. The lowest BCUT2D eigenvalue weighted by atomic mass is 10.1. The number of hydrogen-bond acceptors (Lipinski definition) is 8. The van der Waals surface area contributed by atoms with Crippen LogP contribution in [0.25, 0.3) is 0 Å². The van der Waals surface area contributed by atoms with E-state index in [2.05, 4.69) is 15.3 Å². The van der Waals surface area contributed by atoms with Gasteiger partial charge in [0.2, 0.25) is 5.95 Å². The lowest BCUT2D eigenvalue weighted by molar-refractivity contribution is -0.153. The van der Waals surface area contributed by atoms with Gasteiger partial charge in [0.15, 0.2) is 6.61 Å². The fourth-order valence-corrected chi connectivity index (χ4v) is 3.99. The van der Waals surface area contributed by atoms with Gasteiger partial charge in [0.1, 0.15) is 6.04 Å². The van der Waals surface area contributed by atoms with Crippen molar-refractivity contribution in [2.24, 2.45) is 0 Å². The van der Waals surface area contributed by atoms with E-state index in [4.69, 9.17) is 16.3 Å². The van der Waals surface area contributed by atoms with E-state index < -0.39 is 17.9 Å². The van der Waals surface area contributed by atoms with E-state index in [1.54, 1.807) is 59.4 Å². The van der Waals surface area contributed by atoms with E-state index >= 15 is 0 Å². The highest BCUT2D eigenvalue weighted by Gasteiger charge is 2.27. The molecule has 2 heterocycles. The molecule has 1 fully saturated rings. The van der Waals surface area contributed by atoms with Crippen LogP contribution in [0.3, 0.4) is 0 Å². The Morgan fingerprint density at radius 2 is 1.82 bits per heavy atom. The standard InChI is InChI=1S/C22H26ClN5O4S/c1-33-14-7-18(26-20(30)16-5-2-3-6-17(16)23)21(31)32-15-19(29)27-10-12-28(13-11-27)22-24-8-4-9-25-22/h2-6,8-9,18H,7,10-15H2,1H3,(H,26,30). The zero-order valence-corrected chi connectivity index (χ0v) is 19.8. The summed E-state index contributed by atoms with van der Waals surface area (Å²) in [7, 11) is 0. The zero-order valence-electron chi connectivity index (χ0n) is 18.3. The van der Waals surface area contributed by atoms with Gasteiger partial charge in [-0.25, -0.2) is 14.8 Å². The Hall–Kier alpha value is -2.85. The highest BCUT2D eigenvalue weighted by Crippen LogP contribution is 2.15. The summed E-state index contributed by atoms with van der Waals surface area (Å²) >= 11 is 7.63. The Bertz CT molecular complexity index is 957. The number of carbonyl (C=O) groups is 3. The average Bonchev–Trinajstić information content (AvgIpc) is 2.85.